The van der Waals surface area contributed by atoms with Gasteiger partial charge >= 0.3 is 0 Å². The lowest BCUT2D eigenvalue weighted by Crippen LogP contribution is -2.00. The molecule has 15 heavy (non-hydrogen) atoms. The Kier molecular flexibility index (Phi) is 3.73. The lowest BCUT2D eigenvalue weighted by atomic mass is 10.0. The molecule has 84 valence electrons. The zero-order valence-electron chi connectivity index (χ0n) is 8.30. The molecule has 0 aliphatic heterocycles. The Balaban J connectivity index is 3.34. The molecular weight excluding hydrogens is 204 g/mol. The third-order valence-corrected chi connectivity index (χ3v) is 2.01. The van der Waals surface area contributed by atoms with Crippen molar-refractivity contribution in [3.8, 4) is 17.2 Å². The molecule has 0 spiro atoms. The topological polar surface area (TPSA) is 88.4 Å². The molecule has 0 aliphatic carbocycles. The van der Waals surface area contributed by atoms with Crippen molar-refractivity contribution in [2.75, 3.05) is 0 Å². The zero-order valence-corrected chi connectivity index (χ0v) is 8.30. The Morgan fingerprint density at radius 1 is 0.933 bits per heavy atom. The van der Waals surface area contributed by atoms with E-state index in [9.17, 15) is 0 Å². The SMILES string of the molecule is CC(C)c1ccc(OO)c(OO)c1OO. The van der Waals surface area contributed by atoms with Gasteiger partial charge in [-0.25, -0.2) is 15.8 Å². The van der Waals surface area contributed by atoms with Gasteiger partial charge < -0.3 is 14.7 Å². The fourth-order valence-electron chi connectivity index (χ4n) is 1.27. The van der Waals surface area contributed by atoms with E-state index >= 15 is 0 Å². The van der Waals surface area contributed by atoms with E-state index in [1.807, 2.05) is 13.8 Å². The van der Waals surface area contributed by atoms with E-state index in [1.54, 1.807) is 6.07 Å². The minimum atomic E-state index is -0.286. The van der Waals surface area contributed by atoms with E-state index in [0.717, 1.165) is 0 Å². The third-order valence-electron chi connectivity index (χ3n) is 2.01. The van der Waals surface area contributed by atoms with Crippen molar-refractivity contribution in [3.05, 3.63) is 17.7 Å². The molecule has 6 heteroatoms. The lowest BCUT2D eigenvalue weighted by Gasteiger charge is -2.13. The van der Waals surface area contributed by atoms with Crippen LogP contribution in [0.4, 0.5) is 0 Å². The second-order valence-corrected chi connectivity index (χ2v) is 3.24. The second kappa shape index (κ2) is 4.83. The van der Waals surface area contributed by atoms with Crippen LogP contribution in [0, 0.1) is 0 Å². The predicted molar refractivity (Wildman–Crippen MR) is 50.3 cm³/mol. The molecule has 1 aromatic rings. The summed E-state index contributed by atoms with van der Waals surface area (Å²) in [6.07, 6.45) is 0. The summed E-state index contributed by atoms with van der Waals surface area (Å²) in [5, 5.41) is 25.7. The summed E-state index contributed by atoms with van der Waals surface area (Å²) in [6, 6.07) is 2.95. The van der Waals surface area contributed by atoms with Crippen LogP contribution < -0.4 is 14.7 Å². The van der Waals surface area contributed by atoms with E-state index in [4.69, 9.17) is 15.8 Å². The first-order valence-electron chi connectivity index (χ1n) is 4.26. The maximum absolute atomic E-state index is 8.67. The smallest absolute Gasteiger partial charge is 0.257 e. The van der Waals surface area contributed by atoms with Gasteiger partial charge in [-0.2, -0.15) is 0 Å². The highest BCUT2D eigenvalue weighted by molar-refractivity contribution is 5.55. The molecule has 3 N–H and O–H groups in total. The van der Waals surface area contributed by atoms with Gasteiger partial charge in [0.2, 0.25) is 11.5 Å². The average molecular weight is 216 g/mol. The molecule has 0 heterocycles. The van der Waals surface area contributed by atoms with Crippen molar-refractivity contribution >= 4 is 0 Å². The number of hydrogen-bond acceptors (Lipinski definition) is 6. The quantitative estimate of drug-likeness (QED) is 0.529. The van der Waals surface area contributed by atoms with Crippen LogP contribution in [0.3, 0.4) is 0 Å². The van der Waals surface area contributed by atoms with Gasteiger partial charge in [-0.3, -0.25) is 0 Å². The predicted octanol–water partition coefficient (Wildman–Crippen LogP) is 2.37. The summed E-state index contributed by atoms with van der Waals surface area (Å²) in [6.45, 7) is 3.72. The van der Waals surface area contributed by atoms with Crippen molar-refractivity contribution in [1.29, 1.82) is 0 Å². The van der Waals surface area contributed by atoms with Gasteiger partial charge in [0.05, 0.1) is 0 Å². The molecule has 6 nitrogen and oxygen atoms in total. The summed E-state index contributed by atoms with van der Waals surface area (Å²) in [5.41, 5.74) is 0.599. The van der Waals surface area contributed by atoms with Crippen LogP contribution in [0.15, 0.2) is 12.1 Å². The van der Waals surface area contributed by atoms with Crippen molar-refractivity contribution in [1.82, 2.24) is 0 Å². The van der Waals surface area contributed by atoms with Crippen molar-refractivity contribution in [2.24, 2.45) is 0 Å². The largest absolute Gasteiger partial charge is 0.336 e. The molecule has 1 rings (SSSR count). The van der Waals surface area contributed by atoms with E-state index in [0.29, 0.717) is 5.56 Å². The van der Waals surface area contributed by atoms with Crippen LogP contribution in [-0.2, 0) is 0 Å². The molecule has 0 atom stereocenters. The molecule has 1 aromatic carbocycles. The second-order valence-electron chi connectivity index (χ2n) is 3.24. The molecule has 0 unspecified atom stereocenters. The highest BCUT2D eigenvalue weighted by Crippen LogP contribution is 2.42. The fourth-order valence-corrected chi connectivity index (χ4v) is 1.27. The van der Waals surface area contributed by atoms with Crippen LogP contribution in [-0.4, -0.2) is 15.8 Å². The zero-order chi connectivity index (χ0) is 11.4. The highest BCUT2D eigenvalue weighted by Gasteiger charge is 2.20. The van der Waals surface area contributed by atoms with Gasteiger partial charge in [0.1, 0.15) is 0 Å². The monoisotopic (exact) mass is 216 g/mol. The van der Waals surface area contributed by atoms with Crippen LogP contribution >= 0.6 is 0 Å². The van der Waals surface area contributed by atoms with E-state index < -0.39 is 0 Å². The Hall–Kier alpha value is -1.50. The number of rotatable bonds is 4. The maximum Gasteiger partial charge on any atom is 0.257 e. The Labute approximate surface area is 86.0 Å². The summed E-state index contributed by atoms with van der Waals surface area (Å²) >= 11 is 0. The Morgan fingerprint density at radius 2 is 1.53 bits per heavy atom. The molecule has 0 amide bonds. The van der Waals surface area contributed by atoms with Crippen LogP contribution in [0.2, 0.25) is 0 Å². The molecule has 0 saturated carbocycles. The van der Waals surface area contributed by atoms with Crippen molar-refractivity contribution in [3.63, 3.8) is 0 Å². The first-order valence-corrected chi connectivity index (χ1v) is 4.26. The van der Waals surface area contributed by atoms with Crippen molar-refractivity contribution < 1.29 is 30.4 Å². The van der Waals surface area contributed by atoms with E-state index in [-0.39, 0.29) is 23.2 Å². The van der Waals surface area contributed by atoms with Gasteiger partial charge in [0, 0.05) is 5.56 Å². The van der Waals surface area contributed by atoms with E-state index in [1.165, 1.54) is 6.07 Å². The summed E-state index contributed by atoms with van der Waals surface area (Å²) in [7, 11) is 0. The summed E-state index contributed by atoms with van der Waals surface area (Å²) in [4.78, 5) is 12.0. The first kappa shape index (κ1) is 11.6. The minimum Gasteiger partial charge on any atom is -0.336 e. The minimum absolute atomic E-state index is 0.0359. The van der Waals surface area contributed by atoms with Crippen LogP contribution in [0.25, 0.3) is 0 Å². The number of hydrogen-bond donors (Lipinski definition) is 3. The average Bonchev–Trinajstić information content (AvgIpc) is 2.26. The van der Waals surface area contributed by atoms with Crippen LogP contribution in [0.5, 0.6) is 17.2 Å². The standard InChI is InChI=1S/C9H12O6/c1-5(2)6-3-4-7(13-10)9(15-12)8(6)14-11/h3-5,10-12H,1-2H3. The number of benzene rings is 1. The summed E-state index contributed by atoms with van der Waals surface area (Å²) in [5.74, 6) is -0.509. The summed E-state index contributed by atoms with van der Waals surface area (Å²) < 4.78 is 0. The van der Waals surface area contributed by atoms with Gasteiger partial charge in [-0.15, -0.1) is 0 Å². The van der Waals surface area contributed by atoms with Gasteiger partial charge in [-0.1, -0.05) is 19.9 Å². The third kappa shape index (κ3) is 2.12. The van der Waals surface area contributed by atoms with Gasteiger partial charge in [-0.05, 0) is 12.0 Å². The maximum atomic E-state index is 8.67. The van der Waals surface area contributed by atoms with Crippen LogP contribution in [0.1, 0.15) is 25.3 Å². The van der Waals surface area contributed by atoms with Gasteiger partial charge in [0.15, 0.2) is 0 Å². The Bertz CT molecular complexity index is 336. The first-order chi connectivity index (χ1) is 7.15. The van der Waals surface area contributed by atoms with E-state index in [2.05, 4.69) is 14.7 Å². The molecule has 0 aliphatic rings. The molecule has 0 saturated heterocycles. The molecule has 0 fully saturated rings. The normalized spacial score (nSPS) is 10.3. The molecule has 0 radical (unpaired) electrons. The molecular formula is C9H12O6. The van der Waals surface area contributed by atoms with Crippen molar-refractivity contribution in [2.45, 2.75) is 19.8 Å². The molecule has 0 aromatic heterocycles. The Morgan fingerprint density at radius 3 is 1.93 bits per heavy atom. The highest BCUT2D eigenvalue weighted by atomic mass is 17.1. The van der Waals surface area contributed by atoms with Gasteiger partial charge in [0.25, 0.3) is 5.75 Å². The fraction of sp³-hybridized carbons (Fsp3) is 0.333. The lowest BCUT2D eigenvalue weighted by molar-refractivity contribution is -0.178. The molecule has 0 bridgehead atoms.